The van der Waals surface area contributed by atoms with Crippen LogP contribution in [0.2, 0.25) is 0 Å². The zero-order valence-corrected chi connectivity index (χ0v) is 8.39. The summed E-state index contributed by atoms with van der Waals surface area (Å²) in [5.41, 5.74) is -1.41. The van der Waals surface area contributed by atoms with Crippen LogP contribution >= 0.6 is 0 Å². The third kappa shape index (κ3) is 1.14. The molecule has 15 heavy (non-hydrogen) atoms. The van der Waals surface area contributed by atoms with Crippen LogP contribution in [0.3, 0.4) is 0 Å². The van der Waals surface area contributed by atoms with Crippen LogP contribution in [0.15, 0.2) is 15.9 Å². The fourth-order valence-corrected chi connectivity index (χ4v) is 1.53. The number of imidazole rings is 1. The van der Waals surface area contributed by atoms with Crippen molar-refractivity contribution in [1.82, 2.24) is 18.7 Å². The Hall–Kier alpha value is -1.85. The van der Waals surface area contributed by atoms with Crippen LogP contribution in [0.25, 0.3) is 11.2 Å². The molecule has 2 rings (SSSR count). The summed E-state index contributed by atoms with van der Waals surface area (Å²) in [7, 11) is 1.57. The fourth-order valence-electron chi connectivity index (χ4n) is 1.53. The monoisotopic (exact) mass is 211 g/mol. The normalized spacial score (nSPS) is 14.9. The smallest absolute Gasteiger partial charge is 0.328 e. The van der Waals surface area contributed by atoms with E-state index >= 15 is 0 Å². The predicted molar refractivity (Wildman–Crippen MR) is 55.9 cm³/mol. The fraction of sp³-hybridized carbons (Fsp3) is 0.444. The first-order chi connectivity index (χ1) is 8.29. The van der Waals surface area contributed by atoms with Gasteiger partial charge in [-0.1, -0.05) is 0 Å². The molecule has 0 aromatic carbocycles. The van der Waals surface area contributed by atoms with Gasteiger partial charge in [0.15, 0.2) is 11.2 Å². The van der Waals surface area contributed by atoms with Gasteiger partial charge in [0.25, 0.3) is 5.56 Å². The van der Waals surface area contributed by atoms with Crippen LogP contribution in [0.4, 0.5) is 0 Å². The molecular formula is C9H12N4O2. The molecule has 0 aliphatic heterocycles. The van der Waals surface area contributed by atoms with Crippen molar-refractivity contribution in [3.05, 3.63) is 27.2 Å². The van der Waals surface area contributed by atoms with Crippen LogP contribution in [-0.4, -0.2) is 18.7 Å². The van der Waals surface area contributed by atoms with Crippen molar-refractivity contribution in [3.63, 3.8) is 0 Å². The van der Waals surface area contributed by atoms with Crippen molar-refractivity contribution >= 4 is 11.2 Å². The Morgan fingerprint density at radius 3 is 2.87 bits per heavy atom. The minimum absolute atomic E-state index is 0.104. The zero-order chi connectivity index (χ0) is 13.7. The molecule has 2 aromatic rings. The SMILES string of the molecule is [2H]C([2H])([2H])n1c(=O)n(CC)c(=O)c2c1ncn2C. The third-order valence-corrected chi connectivity index (χ3v) is 2.32. The summed E-state index contributed by atoms with van der Waals surface area (Å²) in [5, 5.41) is 0. The maximum atomic E-state index is 12.0. The maximum absolute atomic E-state index is 12.0. The van der Waals surface area contributed by atoms with Gasteiger partial charge in [0.1, 0.15) is 0 Å². The first-order valence-electron chi connectivity index (χ1n) is 5.96. The maximum Gasteiger partial charge on any atom is 0.332 e. The number of hydrogen-bond acceptors (Lipinski definition) is 3. The molecule has 2 heterocycles. The molecule has 0 N–H and O–H groups in total. The van der Waals surface area contributed by atoms with Gasteiger partial charge in [-0.15, -0.1) is 0 Å². The number of rotatable bonds is 1. The number of hydrogen-bond donors (Lipinski definition) is 0. The molecule has 0 bridgehead atoms. The number of fused-ring (bicyclic) bond motifs is 1. The van der Waals surface area contributed by atoms with E-state index in [9.17, 15) is 9.59 Å². The number of aromatic nitrogens is 4. The highest BCUT2D eigenvalue weighted by atomic mass is 16.2. The Morgan fingerprint density at radius 2 is 2.27 bits per heavy atom. The van der Waals surface area contributed by atoms with Gasteiger partial charge in [0.2, 0.25) is 0 Å². The molecule has 0 radical (unpaired) electrons. The summed E-state index contributed by atoms with van der Waals surface area (Å²) >= 11 is 0. The van der Waals surface area contributed by atoms with Gasteiger partial charge in [-0.05, 0) is 6.92 Å². The molecule has 0 saturated heterocycles. The largest absolute Gasteiger partial charge is 0.332 e. The highest BCUT2D eigenvalue weighted by Gasteiger charge is 2.12. The van der Waals surface area contributed by atoms with Gasteiger partial charge in [-0.25, -0.2) is 9.78 Å². The summed E-state index contributed by atoms with van der Waals surface area (Å²) in [4.78, 5) is 27.9. The van der Waals surface area contributed by atoms with Crippen LogP contribution in [-0.2, 0) is 20.6 Å². The van der Waals surface area contributed by atoms with E-state index < -0.39 is 18.2 Å². The van der Waals surface area contributed by atoms with Gasteiger partial charge in [-0.3, -0.25) is 13.9 Å². The lowest BCUT2D eigenvalue weighted by Crippen LogP contribution is -2.39. The molecule has 0 saturated carbocycles. The molecule has 0 aliphatic rings. The summed E-state index contributed by atoms with van der Waals surface area (Å²) in [6.45, 7) is -0.960. The van der Waals surface area contributed by atoms with Gasteiger partial charge in [0.05, 0.1) is 6.33 Å². The van der Waals surface area contributed by atoms with Gasteiger partial charge < -0.3 is 4.57 Å². The summed E-state index contributed by atoms with van der Waals surface area (Å²) in [5.74, 6) is 0. The summed E-state index contributed by atoms with van der Waals surface area (Å²) in [6.07, 6.45) is 1.31. The van der Waals surface area contributed by atoms with E-state index in [-0.39, 0.29) is 17.7 Å². The Bertz CT molecular complexity index is 722. The van der Waals surface area contributed by atoms with Crippen LogP contribution in [0.5, 0.6) is 0 Å². The molecule has 0 atom stereocenters. The minimum Gasteiger partial charge on any atom is -0.328 e. The second-order valence-corrected chi connectivity index (χ2v) is 3.20. The van der Waals surface area contributed by atoms with Crippen molar-refractivity contribution in [3.8, 4) is 0 Å². The first-order valence-corrected chi connectivity index (χ1v) is 4.46. The van der Waals surface area contributed by atoms with Crippen molar-refractivity contribution < 1.29 is 4.11 Å². The third-order valence-electron chi connectivity index (χ3n) is 2.32. The molecule has 6 heteroatoms. The molecular weight excluding hydrogens is 196 g/mol. The molecule has 0 spiro atoms. The first kappa shape index (κ1) is 6.60. The van der Waals surface area contributed by atoms with E-state index in [1.807, 2.05) is 0 Å². The molecule has 0 fully saturated rings. The quantitative estimate of drug-likeness (QED) is 0.636. The highest BCUT2D eigenvalue weighted by molar-refractivity contribution is 5.69. The predicted octanol–water partition coefficient (Wildman–Crippen LogP) is -0.546. The zero-order valence-electron chi connectivity index (χ0n) is 11.4. The average molecular weight is 211 g/mol. The Balaban J connectivity index is 3.12. The second-order valence-electron chi connectivity index (χ2n) is 3.20. The molecule has 6 nitrogen and oxygen atoms in total. The van der Waals surface area contributed by atoms with Crippen LogP contribution in [0, 0.1) is 0 Å². The lowest BCUT2D eigenvalue weighted by molar-refractivity contribution is 0.635. The molecule has 0 aliphatic carbocycles. The van der Waals surface area contributed by atoms with Gasteiger partial charge >= 0.3 is 5.69 Å². The standard InChI is InChI=1S/C9H12N4O2/c1-4-13-8(14)6-7(10-5-11(6)2)12(3)9(13)15/h5H,4H2,1-3H3/i3D3. The van der Waals surface area contributed by atoms with Crippen molar-refractivity contribution in [2.24, 2.45) is 14.0 Å². The van der Waals surface area contributed by atoms with Gasteiger partial charge in [-0.2, -0.15) is 0 Å². The molecule has 80 valence electrons. The Morgan fingerprint density at radius 1 is 1.53 bits per heavy atom. The molecule has 0 amide bonds. The van der Waals surface area contributed by atoms with E-state index in [2.05, 4.69) is 4.98 Å². The summed E-state index contributed by atoms with van der Waals surface area (Å²) in [6, 6.07) is 0. The lowest BCUT2D eigenvalue weighted by atomic mass is 10.5. The highest BCUT2D eigenvalue weighted by Crippen LogP contribution is 2.02. The lowest BCUT2D eigenvalue weighted by Gasteiger charge is -2.05. The van der Waals surface area contributed by atoms with E-state index in [1.54, 1.807) is 14.0 Å². The van der Waals surface area contributed by atoms with E-state index in [4.69, 9.17) is 4.11 Å². The van der Waals surface area contributed by atoms with E-state index in [0.717, 1.165) is 4.57 Å². The average Bonchev–Trinajstić information content (AvgIpc) is 2.59. The van der Waals surface area contributed by atoms with Crippen molar-refractivity contribution in [2.45, 2.75) is 13.5 Å². The Labute approximate surface area is 89.6 Å². The van der Waals surface area contributed by atoms with E-state index in [1.165, 1.54) is 10.9 Å². The second kappa shape index (κ2) is 3.08. The van der Waals surface area contributed by atoms with Gasteiger partial charge in [0, 0.05) is 24.7 Å². The van der Waals surface area contributed by atoms with Crippen LogP contribution in [0.1, 0.15) is 11.0 Å². The van der Waals surface area contributed by atoms with Crippen molar-refractivity contribution in [2.75, 3.05) is 0 Å². The van der Waals surface area contributed by atoms with Crippen molar-refractivity contribution in [1.29, 1.82) is 0 Å². The molecule has 0 unspecified atom stereocenters. The number of aryl methyl sites for hydroxylation is 2. The van der Waals surface area contributed by atoms with E-state index in [0.29, 0.717) is 4.57 Å². The van der Waals surface area contributed by atoms with Crippen LogP contribution < -0.4 is 11.2 Å². The topological polar surface area (TPSA) is 61.8 Å². The minimum atomic E-state index is -2.67. The Kier molecular flexibility index (Phi) is 1.35. The number of nitrogens with zero attached hydrogens (tertiary/aromatic N) is 4. The molecule has 2 aromatic heterocycles. The summed E-state index contributed by atoms with van der Waals surface area (Å²) < 4.78 is 25.0.